The highest BCUT2D eigenvalue weighted by Crippen LogP contribution is 2.56. The number of methoxy groups -OCH3 is 2. The van der Waals surface area contributed by atoms with Gasteiger partial charge in [0.05, 0.1) is 38.4 Å². The van der Waals surface area contributed by atoms with E-state index in [-0.39, 0.29) is 47.7 Å². The number of benzene rings is 2. The molecule has 1 spiro atoms. The predicted molar refractivity (Wildman–Crippen MR) is 186 cm³/mol. The van der Waals surface area contributed by atoms with E-state index in [2.05, 4.69) is 17.2 Å². The van der Waals surface area contributed by atoms with Crippen molar-refractivity contribution in [3.63, 3.8) is 0 Å². The SMILES string of the molecule is COc1cc(CC[C@H]2C[C@H](O)C[C@@H](c3cc(OC)c(O)c(OC[C@H]4N[C@H](C)CC[C@]45[C@H](C(=O)O)C=C[C@H]5c4ccnc(N)c4)c3)O2)ccc1O. The molecule has 3 heterocycles. The van der Waals surface area contributed by atoms with Gasteiger partial charge in [-0.1, -0.05) is 18.2 Å². The van der Waals surface area contributed by atoms with E-state index < -0.39 is 35.6 Å². The number of nitrogens with two attached hydrogens (primary N) is 1. The molecule has 1 aromatic heterocycles. The van der Waals surface area contributed by atoms with Gasteiger partial charge in [-0.05, 0) is 92.1 Å². The summed E-state index contributed by atoms with van der Waals surface area (Å²) in [5.41, 5.74) is 7.83. The monoisotopic (exact) mass is 689 g/mol. The number of pyridine rings is 1. The Balaban J connectivity index is 1.24. The van der Waals surface area contributed by atoms with Crippen LogP contribution in [0.25, 0.3) is 0 Å². The van der Waals surface area contributed by atoms with E-state index in [1.165, 1.54) is 14.2 Å². The molecule has 2 aliphatic heterocycles. The number of carbonyl (C=O) groups is 1. The number of nitrogens with one attached hydrogen (secondary N) is 1. The summed E-state index contributed by atoms with van der Waals surface area (Å²) in [5, 5.41) is 46.1. The number of aliphatic hydroxyl groups excluding tert-OH is 1. The normalized spacial score (nSPS) is 29.2. The minimum atomic E-state index is -0.911. The number of piperidine rings is 1. The van der Waals surface area contributed by atoms with Crippen molar-refractivity contribution in [2.75, 3.05) is 26.6 Å². The summed E-state index contributed by atoms with van der Waals surface area (Å²) in [6.45, 7) is 2.14. The highest BCUT2D eigenvalue weighted by Gasteiger charge is 2.57. The summed E-state index contributed by atoms with van der Waals surface area (Å²) in [6, 6.07) is 12.0. The number of hydrogen-bond acceptors (Lipinski definition) is 11. The van der Waals surface area contributed by atoms with Gasteiger partial charge in [-0.3, -0.25) is 4.79 Å². The van der Waals surface area contributed by atoms with Crippen LogP contribution in [0.1, 0.15) is 67.7 Å². The molecule has 2 aromatic carbocycles. The lowest BCUT2D eigenvalue weighted by Crippen LogP contribution is -2.60. The molecule has 2 fully saturated rings. The number of carboxylic acids is 1. The fourth-order valence-electron chi connectivity index (χ4n) is 8.16. The van der Waals surface area contributed by atoms with Gasteiger partial charge in [0.15, 0.2) is 23.0 Å². The van der Waals surface area contributed by atoms with Crippen LogP contribution in [-0.2, 0) is 16.0 Å². The van der Waals surface area contributed by atoms with Gasteiger partial charge < -0.3 is 50.4 Å². The second-order valence-corrected chi connectivity index (χ2v) is 13.8. The molecule has 268 valence electrons. The van der Waals surface area contributed by atoms with Crippen LogP contribution in [-0.4, -0.2) is 76.5 Å². The molecule has 50 heavy (non-hydrogen) atoms. The van der Waals surface area contributed by atoms with Crippen LogP contribution in [0.15, 0.2) is 60.8 Å². The highest BCUT2D eigenvalue weighted by atomic mass is 16.5. The number of aryl methyl sites for hydroxylation is 1. The Morgan fingerprint density at radius 1 is 1.04 bits per heavy atom. The lowest BCUT2D eigenvalue weighted by molar-refractivity contribution is -0.146. The van der Waals surface area contributed by atoms with Gasteiger partial charge in [0.1, 0.15) is 12.4 Å². The molecule has 0 bridgehead atoms. The van der Waals surface area contributed by atoms with Crippen LogP contribution in [0, 0.1) is 11.3 Å². The van der Waals surface area contributed by atoms with Gasteiger partial charge in [-0.25, -0.2) is 4.98 Å². The third-order valence-corrected chi connectivity index (χ3v) is 10.7. The molecule has 6 rings (SSSR count). The number of aromatic hydroxyl groups is 2. The minimum Gasteiger partial charge on any atom is -0.504 e. The molecule has 12 nitrogen and oxygen atoms in total. The van der Waals surface area contributed by atoms with Crippen LogP contribution in [0.5, 0.6) is 28.7 Å². The van der Waals surface area contributed by atoms with E-state index >= 15 is 0 Å². The maximum Gasteiger partial charge on any atom is 0.311 e. The summed E-state index contributed by atoms with van der Waals surface area (Å²) in [5.74, 6) is -0.913. The van der Waals surface area contributed by atoms with Gasteiger partial charge in [0.25, 0.3) is 0 Å². The van der Waals surface area contributed by atoms with E-state index in [0.717, 1.165) is 17.5 Å². The van der Waals surface area contributed by atoms with Crippen molar-refractivity contribution in [1.29, 1.82) is 0 Å². The Kier molecular flexibility index (Phi) is 10.4. The van der Waals surface area contributed by atoms with E-state index in [1.54, 1.807) is 42.6 Å². The zero-order valence-electron chi connectivity index (χ0n) is 28.6. The largest absolute Gasteiger partial charge is 0.504 e. The number of hydrogen-bond donors (Lipinski definition) is 6. The van der Waals surface area contributed by atoms with E-state index in [1.807, 2.05) is 18.2 Å². The molecule has 3 aliphatic rings. The van der Waals surface area contributed by atoms with Crippen molar-refractivity contribution in [3.05, 3.63) is 77.5 Å². The first kappa shape index (κ1) is 35.3. The van der Waals surface area contributed by atoms with Crippen LogP contribution in [0.4, 0.5) is 5.82 Å². The maximum atomic E-state index is 12.7. The molecule has 0 radical (unpaired) electrons. The second kappa shape index (κ2) is 14.8. The van der Waals surface area contributed by atoms with Crippen molar-refractivity contribution in [1.82, 2.24) is 10.3 Å². The third-order valence-electron chi connectivity index (χ3n) is 10.7. The number of aromatic nitrogens is 1. The van der Waals surface area contributed by atoms with E-state index in [9.17, 15) is 25.2 Å². The Morgan fingerprint density at radius 3 is 2.56 bits per heavy atom. The first-order valence-corrected chi connectivity index (χ1v) is 17.1. The van der Waals surface area contributed by atoms with Crippen LogP contribution in [0.2, 0.25) is 0 Å². The van der Waals surface area contributed by atoms with Gasteiger partial charge in [0, 0.05) is 36.0 Å². The molecular formula is C38H47N3O9. The standard InChI is InChI=1S/C38H47N3O9/c1-21-10-12-38(27(7-8-28(38)37(45)46)23-11-13-40-35(39)17-23)34(41-21)20-49-33-16-24(15-32(48-3)36(33)44)30-19-25(42)18-26(50-30)6-4-22-5-9-29(43)31(14-22)47-2/h5,7-9,11,13-17,21,25-28,30,34,41-44H,4,6,10,12,18-20H2,1-3H3,(H2,39,40)(H,45,46)/t21-,25+,26+,27+,28+,30+,34-,38+/m1/s1. The number of carboxylic acid groups (broad SMARTS) is 1. The summed E-state index contributed by atoms with van der Waals surface area (Å²) >= 11 is 0. The van der Waals surface area contributed by atoms with Crippen molar-refractivity contribution in [3.8, 4) is 28.7 Å². The van der Waals surface area contributed by atoms with Gasteiger partial charge in [0.2, 0.25) is 5.75 Å². The number of aliphatic carboxylic acids is 1. The molecule has 2 saturated heterocycles. The molecule has 3 aromatic rings. The quantitative estimate of drug-likeness (QED) is 0.150. The van der Waals surface area contributed by atoms with Crippen molar-refractivity contribution in [2.45, 2.75) is 81.8 Å². The van der Waals surface area contributed by atoms with E-state index in [0.29, 0.717) is 49.2 Å². The third kappa shape index (κ3) is 7.05. The van der Waals surface area contributed by atoms with E-state index in [4.69, 9.17) is 24.7 Å². The van der Waals surface area contributed by atoms with Crippen molar-refractivity contribution >= 4 is 11.8 Å². The number of phenolic OH excluding ortho intramolecular Hbond substituents is 2. The molecular weight excluding hydrogens is 642 g/mol. The Bertz CT molecular complexity index is 1720. The molecule has 12 heteroatoms. The van der Waals surface area contributed by atoms with Gasteiger partial charge in [-0.2, -0.15) is 0 Å². The number of nitrogens with zero attached hydrogens (tertiary/aromatic N) is 1. The highest BCUT2D eigenvalue weighted by molar-refractivity contribution is 5.75. The topological polar surface area (TPSA) is 186 Å². The minimum absolute atomic E-state index is 0.0693. The zero-order valence-corrected chi connectivity index (χ0v) is 28.6. The maximum absolute atomic E-state index is 12.7. The summed E-state index contributed by atoms with van der Waals surface area (Å²) in [4.78, 5) is 16.9. The average molecular weight is 690 g/mol. The number of allylic oxidation sites excluding steroid dienone is 1. The number of anilines is 1. The molecule has 0 amide bonds. The molecule has 0 saturated carbocycles. The van der Waals surface area contributed by atoms with Gasteiger partial charge in [-0.15, -0.1) is 0 Å². The summed E-state index contributed by atoms with van der Waals surface area (Å²) in [6.07, 6.45) is 7.55. The fraction of sp³-hybridized carbons (Fsp3) is 0.474. The molecule has 7 N–H and O–H groups in total. The first-order valence-electron chi connectivity index (χ1n) is 17.1. The number of aliphatic hydroxyl groups is 1. The lowest BCUT2D eigenvalue weighted by Gasteiger charge is -2.50. The lowest BCUT2D eigenvalue weighted by atomic mass is 9.59. The summed E-state index contributed by atoms with van der Waals surface area (Å²) in [7, 11) is 2.97. The number of ether oxygens (including phenoxy) is 4. The average Bonchev–Trinajstić information content (AvgIpc) is 3.48. The number of rotatable bonds is 11. The molecule has 1 aliphatic carbocycles. The predicted octanol–water partition coefficient (Wildman–Crippen LogP) is 4.87. The van der Waals surface area contributed by atoms with Crippen LogP contribution < -0.4 is 25.3 Å². The van der Waals surface area contributed by atoms with Crippen LogP contribution >= 0.6 is 0 Å². The second-order valence-electron chi connectivity index (χ2n) is 13.8. The van der Waals surface area contributed by atoms with Crippen molar-refractivity contribution in [2.24, 2.45) is 11.3 Å². The van der Waals surface area contributed by atoms with Crippen LogP contribution in [0.3, 0.4) is 0 Å². The molecule has 0 unspecified atom stereocenters. The first-order chi connectivity index (χ1) is 24.0. The Hall–Kier alpha value is -4.52. The smallest absolute Gasteiger partial charge is 0.311 e. The number of phenols is 2. The van der Waals surface area contributed by atoms with Crippen molar-refractivity contribution < 1.29 is 44.2 Å². The fourth-order valence-corrected chi connectivity index (χ4v) is 8.16. The number of nitrogen functional groups attached to an aromatic ring is 1. The molecule has 8 atom stereocenters. The van der Waals surface area contributed by atoms with Gasteiger partial charge >= 0.3 is 5.97 Å². The Labute approximate surface area is 291 Å². The summed E-state index contributed by atoms with van der Waals surface area (Å²) < 4.78 is 23.7. The zero-order chi connectivity index (χ0) is 35.6. The Morgan fingerprint density at radius 2 is 1.82 bits per heavy atom.